The minimum absolute atomic E-state index is 0.102. The fourth-order valence-electron chi connectivity index (χ4n) is 0.643. The molecule has 0 aromatic carbocycles. The molecule has 0 aliphatic rings. The van der Waals surface area contributed by atoms with Crippen molar-refractivity contribution in [3.8, 4) is 0 Å². The SMILES string of the molecule is CCOC(C)N.O=S(=O)(CCO)CCO. The molecule has 0 spiro atoms. The molecule has 0 aliphatic carbocycles. The first kappa shape index (κ1) is 17.2. The lowest BCUT2D eigenvalue weighted by atomic mass is 10.7. The number of aliphatic hydroxyl groups excluding tert-OH is 2. The van der Waals surface area contributed by atoms with Gasteiger partial charge in [0.15, 0.2) is 9.84 Å². The molecule has 0 amide bonds. The normalized spacial score (nSPS) is 12.9. The van der Waals surface area contributed by atoms with Gasteiger partial charge in [-0.3, -0.25) is 0 Å². The summed E-state index contributed by atoms with van der Waals surface area (Å²) < 4.78 is 25.8. The van der Waals surface area contributed by atoms with Gasteiger partial charge in [-0.2, -0.15) is 0 Å². The third-order valence-corrected chi connectivity index (χ3v) is 2.84. The number of rotatable bonds is 6. The Hall–Kier alpha value is -0.210. The van der Waals surface area contributed by atoms with Gasteiger partial charge in [0.25, 0.3) is 0 Å². The van der Waals surface area contributed by atoms with Gasteiger partial charge < -0.3 is 20.7 Å². The number of ether oxygens (including phenoxy) is 1. The fraction of sp³-hybridized carbons (Fsp3) is 1.00. The Labute approximate surface area is 91.0 Å². The van der Waals surface area contributed by atoms with E-state index in [0.717, 1.165) is 0 Å². The van der Waals surface area contributed by atoms with E-state index in [1.807, 2.05) is 13.8 Å². The highest BCUT2D eigenvalue weighted by Gasteiger charge is 2.06. The number of hydrogen-bond donors (Lipinski definition) is 3. The maximum atomic E-state index is 10.5. The van der Waals surface area contributed by atoms with Crippen molar-refractivity contribution in [1.29, 1.82) is 0 Å². The monoisotopic (exact) mass is 243 g/mol. The number of aliphatic hydroxyl groups is 2. The summed E-state index contributed by atoms with van der Waals surface area (Å²) in [7, 11) is -3.18. The summed E-state index contributed by atoms with van der Waals surface area (Å²) in [5, 5.41) is 16.3. The predicted octanol–water partition coefficient (Wildman–Crippen LogP) is -1.29. The zero-order chi connectivity index (χ0) is 12.3. The van der Waals surface area contributed by atoms with Gasteiger partial charge in [0.2, 0.25) is 0 Å². The van der Waals surface area contributed by atoms with E-state index in [1.54, 1.807) is 0 Å². The molecule has 0 aliphatic heterocycles. The average molecular weight is 243 g/mol. The van der Waals surface area contributed by atoms with Crippen LogP contribution in [-0.2, 0) is 14.6 Å². The van der Waals surface area contributed by atoms with E-state index >= 15 is 0 Å². The first-order valence-corrected chi connectivity index (χ1v) is 6.51. The van der Waals surface area contributed by atoms with Crippen molar-refractivity contribution in [1.82, 2.24) is 0 Å². The number of sulfone groups is 1. The summed E-state index contributed by atoms with van der Waals surface area (Å²) in [4.78, 5) is 0. The van der Waals surface area contributed by atoms with Crippen molar-refractivity contribution in [2.24, 2.45) is 5.73 Å². The highest BCUT2D eigenvalue weighted by Crippen LogP contribution is 1.86. The van der Waals surface area contributed by atoms with E-state index in [4.69, 9.17) is 20.7 Å². The minimum atomic E-state index is -3.18. The Morgan fingerprint density at radius 3 is 1.80 bits per heavy atom. The van der Waals surface area contributed by atoms with Crippen LogP contribution in [0.5, 0.6) is 0 Å². The van der Waals surface area contributed by atoms with Gasteiger partial charge in [-0.1, -0.05) is 0 Å². The quantitative estimate of drug-likeness (QED) is 0.501. The van der Waals surface area contributed by atoms with E-state index in [-0.39, 0.29) is 30.9 Å². The predicted molar refractivity (Wildman–Crippen MR) is 58.1 cm³/mol. The van der Waals surface area contributed by atoms with Crippen LogP contribution >= 0.6 is 0 Å². The Bertz CT molecular complexity index is 203. The molecule has 0 saturated carbocycles. The van der Waals surface area contributed by atoms with Crippen molar-refractivity contribution >= 4 is 9.84 Å². The molecule has 6 nitrogen and oxygen atoms in total. The Balaban J connectivity index is 0. The summed E-state index contributed by atoms with van der Waals surface area (Å²) in [6.07, 6.45) is -0.102. The third kappa shape index (κ3) is 16.5. The standard InChI is InChI=1S/C4H11NO.C4H10O4S/c1-3-6-4(2)5;5-1-3-9(7,8)4-2-6/h4H,3,5H2,1-2H3;5-6H,1-4H2. The van der Waals surface area contributed by atoms with Crippen molar-refractivity contribution < 1.29 is 23.4 Å². The van der Waals surface area contributed by atoms with E-state index in [9.17, 15) is 8.42 Å². The second-order valence-corrected chi connectivity index (χ2v) is 5.06. The summed E-state index contributed by atoms with van der Waals surface area (Å²) in [6, 6.07) is 0. The van der Waals surface area contributed by atoms with E-state index in [2.05, 4.69) is 0 Å². The number of hydrogen-bond acceptors (Lipinski definition) is 6. The molecule has 0 aromatic rings. The molecule has 0 bridgehead atoms. The Morgan fingerprint density at radius 1 is 1.27 bits per heavy atom. The Morgan fingerprint density at radius 2 is 1.67 bits per heavy atom. The van der Waals surface area contributed by atoms with Crippen molar-refractivity contribution in [2.75, 3.05) is 31.3 Å². The number of nitrogens with two attached hydrogens (primary N) is 1. The maximum absolute atomic E-state index is 10.5. The van der Waals surface area contributed by atoms with Gasteiger partial charge in [-0.15, -0.1) is 0 Å². The van der Waals surface area contributed by atoms with E-state index < -0.39 is 9.84 Å². The van der Waals surface area contributed by atoms with Gasteiger partial charge >= 0.3 is 0 Å². The van der Waals surface area contributed by atoms with Gasteiger partial charge in [-0.05, 0) is 13.8 Å². The molecule has 0 aromatic heterocycles. The largest absolute Gasteiger partial charge is 0.395 e. The summed E-state index contributed by atoms with van der Waals surface area (Å²) >= 11 is 0. The van der Waals surface area contributed by atoms with Gasteiger partial charge in [0, 0.05) is 6.61 Å². The molecule has 7 heteroatoms. The smallest absolute Gasteiger partial charge is 0.154 e. The van der Waals surface area contributed by atoms with Crippen LogP contribution < -0.4 is 5.73 Å². The molecule has 0 radical (unpaired) electrons. The van der Waals surface area contributed by atoms with Crippen LogP contribution in [-0.4, -0.2) is 56.2 Å². The molecule has 4 N–H and O–H groups in total. The lowest BCUT2D eigenvalue weighted by Crippen LogP contribution is -2.18. The van der Waals surface area contributed by atoms with Gasteiger partial charge in [-0.25, -0.2) is 8.42 Å². The molecule has 0 fully saturated rings. The molecular weight excluding hydrogens is 222 g/mol. The van der Waals surface area contributed by atoms with Crippen LogP contribution in [0.3, 0.4) is 0 Å². The average Bonchev–Trinajstić information content (AvgIpc) is 2.03. The summed E-state index contributed by atoms with van der Waals surface area (Å²) in [6.45, 7) is 3.69. The van der Waals surface area contributed by atoms with Crippen LogP contribution in [0.15, 0.2) is 0 Å². The second kappa shape index (κ2) is 10.3. The molecule has 1 atom stereocenters. The zero-order valence-corrected chi connectivity index (χ0v) is 10.0. The third-order valence-electron chi connectivity index (χ3n) is 1.23. The summed E-state index contributed by atoms with van der Waals surface area (Å²) in [5.74, 6) is -0.513. The van der Waals surface area contributed by atoms with Crippen LogP contribution in [0.1, 0.15) is 13.8 Å². The molecule has 1 unspecified atom stereocenters. The highest BCUT2D eigenvalue weighted by molar-refractivity contribution is 7.91. The Kier molecular flexibility index (Phi) is 11.8. The van der Waals surface area contributed by atoms with Gasteiger partial charge in [0.05, 0.1) is 24.7 Å². The molecule has 0 heterocycles. The van der Waals surface area contributed by atoms with Crippen LogP contribution in [0.2, 0.25) is 0 Å². The zero-order valence-electron chi connectivity index (χ0n) is 9.22. The lowest BCUT2D eigenvalue weighted by molar-refractivity contribution is 0.0814. The van der Waals surface area contributed by atoms with E-state index in [1.165, 1.54) is 0 Å². The maximum Gasteiger partial charge on any atom is 0.154 e. The van der Waals surface area contributed by atoms with Crippen LogP contribution in [0, 0.1) is 0 Å². The first-order chi connectivity index (χ1) is 6.89. The highest BCUT2D eigenvalue weighted by atomic mass is 32.2. The first-order valence-electron chi connectivity index (χ1n) is 4.69. The van der Waals surface area contributed by atoms with Gasteiger partial charge in [0.1, 0.15) is 6.23 Å². The second-order valence-electron chi connectivity index (χ2n) is 2.76. The van der Waals surface area contributed by atoms with Crippen molar-refractivity contribution in [3.63, 3.8) is 0 Å². The molecule has 0 rings (SSSR count). The minimum Gasteiger partial charge on any atom is -0.395 e. The molecular formula is C8H21NO5S. The lowest BCUT2D eigenvalue weighted by Gasteiger charge is -2.00. The van der Waals surface area contributed by atoms with E-state index in [0.29, 0.717) is 6.61 Å². The van der Waals surface area contributed by atoms with Crippen molar-refractivity contribution in [2.45, 2.75) is 20.1 Å². The van der Waals surface area contributed by atoms with Crippen molar-refractivity contribution in [3.05, 3.63) is 0 Å². The topological polar surface area (TPSA) is 110 Å². The molecule has 94 valence electrons. The van der Waals surface area contributed by atoms with Crippen LogP contribution in [0.25, 0.3) is 0 Å². The van der Waals surface area contributed by atoms with Crippen LogP contribution in [0.4, 0.5) is 0 Å². The fourth-order valence-corrected chi connectivity index (χ4v) is 1.40. The summed E-state index contributed by atoms with van der Waals surface area (Å²) in [5.41, 5.74) is 5.18. The molecule has 0 saturated heterocycles. The molecule has 15 heavy (non-hydrogen) atoms.